The highest BCUT2D eigenvalue weighted by molar-refractivity contribution is 5.92. The third-order valence-corrected chi connectivity index (χ3v) is 9.64. The van der Waals surface area contributed by atoms with E-state index in [1.54, 1.807) is 0 Å². The second kappa shape index (κ2) is 4.54. The van der Waals surface area contributed by atoms with Crippen molar-refractivity contribution in [3.63, 3.8) is 0 Å². The van der Waals surface area contributed by atoms with E-state index >= 15 is 0 Å². The van der Waals surface area contributed by atoms with Crippen molar-refractivity contribution in [2.75, 3.05) is 0 Å². The predicted molar refractivity (Wildman–Crippen MR) is 97.0 cm³/mol. The Kier molecular flexibility index (Phi) is 2.73. The molecule has 8 atom stereocenters. The standard InChI is InChI=1S/C23H28O3/c1-21-8-5-14(24)11-13(21)3-4-15-17(21)6-9-22(2)20(15)16-12-18(16)23(22)10-7-19(25)26-23/h3-4,11,15-18,20H,5-10,12H2,1-2H3/t15?,16-,17?,18+,20?,21+,22+,23-/m1/s1. The normalized spacial score (nSPS) is 56.4. The number of hydrogen-bond acceptors (Lipinski definition) is 3. The van der Waals surface area contributed by atoms with Gasteiger partial charge in [-0.1, -0.05) is 26.0 Å². The van der Waals surface area contributed by atoms with Crippen LogP contribution in [-0.2, 0) is 14.3 Å². The lowest BCUT2D eigenvalue weighted by atomic mass is 9.47. The molecule has 4 fully saturated rings. The van der Waals surface area contributed by atoms with Gasteiger partial charge in [-0.3, -0.25) is 9.59 Å². The minimum absolute atomic E-state index is 0.0295. The van der Waals surface area contributed by atoms with Gasteiger partial charge in [-0.05, 0) is 72.8 Å². The van der Waals surface area contributed by atoms with Gasteiger partial charge in [0.25, 0.3) is 0 Å². The van der Waals surface area contributed by atoms with Gasteiger partial charge in [-0.25, -0.2) is 0 Å². The maximum Gasteiger partial charge on any atom is 0.306 e. The summed E-state index contributed by atoms with van der Waals surface area (Å²) in [4.78, 5) is 24.0. The summed E-state index contributed by atoms with van der Waals surface area (Å²) in [5, 5.41) is 0. The van der Waals surface area contributed by atoms with Crippen molar-refractivity contribution >= 4 is 11.8 Å². The number of carbonyl (C=O) groups is 2. The van der Waals surface area contributed by atoms with Gasteiger partial charge < -0.3 is 4.74 Å². The van der Waals surface area contributed by atoms with Gasteiger partial charge in [0.15, 0.2) is 5.78 Å². The Balaban J connectivity index is 1.44. The van der Waals surface area contributed by atoms with Gasteiger partial charge in [0, 0.05) is 24.2 Å². The van der Waals surface area contributed by atoms with Gasteiger partial charge in [0.2, 0.25) is 0 Å². The van der Waals surface area contributed by atoms with E-state index in [-0.39, 0.29) is 22.4 Å². The Labute approximate surface area is 155 Å². The van der Waals surface area contributed by atoms with Crippen molar-refractivity contribution in [1.82, 2.24) is 0 Å². The lowest BCUT2D eigenvalue weighted by Crippen LogP contribution is -2.56. The number of fused-ring (bicyclic) bond motifs is 9. The summed E-state index contributed by atoms with van der Waals surface area (Å²) in [5.41, 5.74) is 1.39. The van der Waals surface area contributed by atoms with Crippen LogP contribution in [0.2, 0.25) is 0 Å². The summed E-state index contributed by atoms with van der Waals surface area (Å²) in [6.45, 7) is 4.84. The molecule has 0 radical (unpaired) electrons. The summed E-state index contributed by atoms with van der Waals surface area (Å²) in [7, 11) is 0. The van der Waals surface area contributed by atoms with Crippen LogP contribution < -0.4 is 0 Å². The molecule has 0 N–H and O–H groups in total. The molecule has 1 spiro atoms. The van der Waals surface area contributed by atoms with E-state index in [0.717, 1.165) is 18.8 Å². The van der Waals surface area contributed by atoms with Crippen LogP contribution in [0, 0.1) is 40.4 Å². The average Bonchev–Trinajstić information content (AvgIpc) is 3.24. The maximum atomic E-state index is 12.1. The Morgan fingerprint density at radius 2 is 1.92 bits per heavy atom. The molecule has 26 heavy (non-hydrogen) atoms. The lowest BCUT2D eigenvalue weighted by molar-refractivity contribution is -0.172. The van der Waals surface area contributed by atoms with E-state index < -0.39 is 0 Å². The Morgan fingerprint density at radius 3 is 2.69 bits per heavy atom. The Hall–Kier alpha value is -1.38. The van der Waals surface area contributed by atoms with E-state index in [2.05, 4.69) is 26.0 Å². The highest BCUT2D eigenvalue weighted by Gasteiger charge is 2.78. The predicted octanol–water partition coefficient (Wildman–Crippen LogP) is 4.23. The minimum Gasteiger partial charge on any atom is -0.458 e. The highest BCUT2D eigenvalue weighted by atomic mass is 16.6. The van der Waals surface area contributed by atoms with E-state index in [4.69, 9.17) is 4.74 Å². The first-order valence-electron chi connectivity index (χ1n) is 10.5. The Morgan fingerprint density at radius 1 is 1.08 bits per heavy atom. The first kappa shape index (κ1) is 15.7. The summed E-state index contributed by atoms with van der Waals surface area (Å²) >= 11 is 0. The van der Waals surface area contributed by atoms with Crippen molar-refractivity contribution < 1.29 is 14.3 Å². The van der Waals surface area contributed by atoms with Crippen molar-refractivity contribution in [2.24, 2.45) is 40.4 Å². The maximum absolute atomic E-state index is 12.1. The van der Waals surface area contributed by atoms with E-state index in [9.17, 15) is 9.59 Å². The molecule has 6 aliphatic rings. The largest absolute Gasteiger partial charge is 0.458 e. The first-order valence-corrected chi connectivity index (χ1v) is 10.5. The molecule has 1 saturated heterocycles. The number of ketones is 1. The van der Waals surface area contributed by atoms with Gasteiger partial charge in [0.05, 0.1) is 0 Å². The molecule has 1 heterocycles. The van der Waals surface area contributed by atoms with E-state index in [1.807, 2.05) is 6.08 Å². The minimum atomic E-state index is -0.169. The molecular weight excluding hydrogens is 324 g/mol. The van der Waals surface area contributed by atoms with Crippen LogP contribution in [-0.4, -0.2) is 17.4 Å². The van der Waals surface area contributed by atoms with Crippen molar-refractivity contribution in [2.45, 2.75) is 64.4 Å². The summed E-state index contributed by atoms with van der Waals surface area (Å²) < 4.78 is 6.14. The lowest BCUT2D eigenvalue weighted by Gasteiger charge is -2.58. The second-order valence-corrected chi connectivity index (χ2v) is 10.4. The van der Waals surface area contributed by atoms with Crippen molar-refractivity contribution in [3.05, 3.63) is 23.8 Å². The smallest absolute Gasteiger partial charge is 0.306 e. The number of carbonyl (C=O) groups excluding carboxylic acids is 2. The van der Waals surface area contributed by atoms with Crippen LogP contribution in [0.3, 0.4) is 0 Å². The Bertz CT molecular complexity index is 793. The zero-order valence-corrected chi connectivity index (χ0v) is 15.8. The van der Waals surface area contributed by atoms with Gasteiger partial charge in [0.1, 0.15) is 5.60 Å². The molecule has 5 aliphatic carbocycles. The molecule has 3 heteroatoms. The van der Waals surface area contributed by atoms with Crippen LogP contribution in [0.1, 0.15) is 58.8 Å². The molecule has 0 aromatic heterocycles. The van der Waals surface area contributed by atoms with Gasteiger partial charge >= 0.3 is 5.97 Å². The molecule has 6 rings (SSSR count). The number of allylic oxidation sites excluding steroid dienone is 4. The molecule has 3 unspecified atom stereocenters. The van der Waals surface area contributed by atoms with Crippen molar-refractivity contribution in [1.29, 1.82) is 0 Å². The number of hydrogen-bond donors (Lipinski definition) is 0. The molecule has 0 aromatic rings. The third-order valence-electron chi connectivity index (χ3n) is 9.64. The highest BCUT2D eigenvalue weighted by Crippen LogP contribution is 2.78. The SMILES string of the molecule is C[C@]12CCC(=O)C=C1C=CC1C2CC[C@@]2(C)C1[C@@H]1C[C@@H]1[C@]21CCC(=O)O1. The molecular formula is C23H28O3. The quantitative estimate of drug-likeness (QED) is 0.613. The van der Waals surface area contributed by atoms with Gasteiger partial charge in [-0.2, -0.15) is 0 Å². The summed E-state index contributed by atoms with van der Waals surface area (Å²) in [6.07, 6.45) is 13.5. The molecule has 3 saturated carbocycles. The molecule has 1 aliphatic heterocycles. The van der Waals surface area contributed by atoms with E-state index in [1.165, 1.54) is 24.8 Å². The van der Waals surface area contributed by atoms with Crippen LogP contribution in [0.15, 0.2) is 23.8 Å². The number of ether oxygens (including phenoxy) is 1. The first-order chi connectivity index (χ1) is 12.4. The monoisotopic (exact) mass is 352 g/mol. The molecule has 3 nitrogen and oxygen atoms in total. The molecule has 0 amide bonds. The van der Waals surface area contributed by atoms with Crippen LogP contribution in [0.25, 0.3) is 0 Å². The third kappa shape index (κ3) is 1.59. The number of rotatable bonds is 0. The topological polar surface area (TPSA) is 43.4 Å². The number of esters is 1. The van der Waals surface area contributed by atoms with Crippen LogP contribution in [0.4, 0.5) is 0 Å². The van der Waals surface area contributed by atoms with Crippen LogP contribution in [0.5, 0.6) is 0 Å². The second-order valence-electron chi connectivity index (χ2n) is 10.4. The summed E-state index contributed by atoms with van der Waals surface area (Å²) in [6, 6.07) is 0. The molecule has 0 bridgehead atoms. The molecule has 0 aromatic carbocycles. The average molecular weight is 352 g/mol. The van der Waals surface area contributed by atoms with E-state index in [0.29, 0.717) is 42.3 Å². The molecule has 138 valence electrons. The zero-order chi connectivity index (χ0) is 17.9. The fourth-order valence-electron chi connectivity index (χ4n) is 8.36. The zero-order valence-electron chi connectivity index (χ0n) is 15.8. The fraction of sp³-hybridized carbons (Fsp3) is 0.739. The summed E-state index contributed by atoms with van der Waals surface area (Å²) in [5.74, 6) is 3.53. The van der Waals surface area contributed by atoms with Gasteiger partial charge in [-0.15, -0.1) is 0 Å². The fourth-order valence-corrected chi connectivity index (χ4v) is 8.36. The van der Waals surface area contributed by atoms with Crippen molar-refractivity contribution in [3.8, 4) is 0 Å². The van der Waals surface area contributed by atoms with Crippen LogP contribution >= 0.6 is 0 Å².